The Bertz CT molecular complexity index is 469. The number of phenolic OH excluding ortho intramolecular Hbond substituents is 1. The van der Waals surface area contributed by atoms with Crippen molar-refractivity contribution in [2.75, 3.05) is 6.61 Å². The second-order valence-electron chi connectivity index (χ2n) is 6.82. The summed E-state index contributed by atoms with van der Waals surface area (Å²) in [7, 11) is 0. The van der Waals surface area contributed by atoms with Crippen LogP contribution >= 0.6 is 0 Å². The lowest BCUT2D eigenvalue weighted by atomic mass is 9.73. The number of aliphatic hydroxyl groups excluding tert-OH is 1. The zero-order chi connectivity index (χ0) is 16.3. The Kier molecular flexibility index (Phi) is 6.21. The van der Waals surface area contributed by atoms with Crippen LogP contribution in [0.2, 0.25) is 0 Å². The number of phenols is 1. The predicted octanol–water partition coefficient (Wildman–Crippen LogP) is 4.66. The van der Waals surface area contributed by atoms with Crippen LogP contribution in [0.1, 0.15) is 64.5 Å². The van der Waals surface area contributed by atoms with Crippen molar-refractivity contribution < 1.29 is 14.6 Å². The third-order valence-electron chi connectivity index (χ3n) is 4.81. The Morgan fingerprint density at radius 3 is 2.05 bits per heavy atom. The van der Waals surface area contributed by atoms with E-state index in [0.29, 0.717) is 11.8 Å². The van der Waals surface area contributed by atoms with Gasteiger partial charge in [0, 0.05) is 18.2 Å². The van der Waals surface area contributed by atoms with Gasteiger partial charge in [-0.1, -0.05) is 41.5 Å². The van der Waals surface area contributed by atoms with Crippen molar-refractivity contribution in [2.45, 2.75) is 53.4 Å². The van der Waals surface area contributed by atoms with Crippen LogP contribution in [0.25, 0.3) is 0 Å². The number of rotatable bonds is 6. The molecular formula is C18H29FO2. The topological polar surface area (TPSA) is 40.5 Å². The molecule has 21 heavy (non-hydrogen) atoms. The molecular weight excluding hydrogens is 267 g/mol. The van der Waals surface area contributed by atoms with E-state index >= 15 is 0 Å². The Hall–Kier alpha value is -1.09. The third-order valence-corrected chi connectivity index (χ3v) is 4.81. The lowest BCUT2D eigenvalue weighted by Crippen LogP contribution is -2.26. The van der Waals surface area contributed by atoms with Crippen molar-refractivity contribution in [3.05, 3.63) is 29.1 Å². The minimum absolute atomic E-state index is 0.000561. The summed E-state index contributed by atoms with van der Waals surface area (Å²) in [5, 5.41) is 20.0. The van der Waals surface area contributed by atoms with Gasteiger partial charge in [-0.3, -0.25) is 0 Å². The highest BCUT2D eigenvalue weighted by Crippen LogP contribution is 2.41. The summed E-state index contributed by atoms with van der Waals surface area (Å²) in [6.45, 7) is 12.4. The van der Waals surface area contributed by atoms with Crippen LogP contribution in [0.4, 0.5) is 4.39 Å². The second-order valence-corrected chi connectivity index (χ2v) is 6.82. The number of hydrogen-bond donors (Lipinski definition) is 2. The fourth-order valence-corrected chi connectivity index (χ4v) is 3.09. The van der Waals surface area contributed by atoms with Crippen LogP contribution in [0.3, 0.4) is 0 Å². The first kappa shape index (κ1) is 18.0. The van der Waals surface area contributed by atoms with Crippen LogP contribution in [0, 0.1) is 23.6 Å². The molecule has 0 amide bonds. The van der Waals surface area contributed by atoms with Crippen molar-refractivity contribution in [3.63, 3.8) is 0 Å². The molecule has 0 radical (unpaired) electrons. The molecule has 0 saturated carbocycles. The fraction of sp³-hybridized carbons (Fsp3) is 0.667. The summed E-state index contributed by atoms with van der Waals surface area (Å²) in [4.78, 5) is 0. The van der Waals surface area contributed by atoms with Crippen LogP contribution in [-0.4, -0.2) is 16.8 Å². The largest absolute Gasteiger partial charge is 0.508 e. The quantitative estimate of drug-likeness (QED) is 0.801. The smallest absolute Gasteiger partial charge is 0.127 e. The average Bonchev–Trinajstić information content (AvgIpc) is 2.37. The summed E-state index contributed by atoms with van der Waals surface area (Å²) < 4.78 is 13.6. The number of aliphatic hydroxyl groups is 1. The maximum absolute atomic E-state index is 13.6. The molecule has 1 aromatic carbocycles. The first-order chi connectivity index (χ1) is 9.70. The summed E-state index contributed by atoms with van der Waals surface area (Å²) in [6.07, 6.45) is 0. The molecule has 3 unspecified atom stereocenters. The van der Waals surface area contributed by atoms with E-state index in [9.17, 15) is 14.6 Å². The van der Waals surface area contributed by atoms with Gasteiger partial charge in [-0.15, -0.1) is 0 Å². The van der Waals surface area contributed by atoms with Gasteiger partial charge in [-0.2, -0.15) is 0 Å². The minimum Gasteiger partial charge on any atom is -0.508 e. The van der Waals surface area contributed by atoms with Crippen molar-refractivity contribution in [3.8, 4) is 5.75 Å². The van der Waals surface area contributed by atoms with E-state index in [1.807, 2.05) is 20.8 Å². The number of benzene rings is 1. The van der Waals surface area contributed by atoms with Crippen LogP contribution in [-0.2, 0) is 0 Å². The van der Waals surface area contributed by atoms with Crippen LogP contribution < -0.4 is 0 Å². The van der Waals surface area contributed by atoms with Gasteiger partial charge in [0.1, 0.15) is 11.6 Å². The van der Waals surface area contributed by atoms with E-state index in [2.05, 4.69) is 20.8 Å². The SMILES string of the molecule is CC(C)c1cc(F)cc(O)c1C(C)C(CO)C(C)C(C)C. The van der Waals surface area contributed by atoms with Gasteiger partial charge in [-0.05, 0) is 41.2 Å². The molecule has 0 saturated heterocycles. The molecule has 0 aliphatic carbocycles. The summed E-state index contributed by atoms with van der Waals surface area (Å²) >= 11 is 0. The van der Waals surface area contributed by atoms with Crippen LogP contribution in [0.5, 0.6) is 5.75 Å². The number of hydrogen-bond acceptors (Lipinski definition) is 2. The first-order valence-electron chi connectivity index (χ1n) is 7.83. The number of halogens is 1. The molecule has 0 fully saturated rings. The van der Waals surface area contributed by atoms with Gasteiger partial charge in [0.15, 0.2) is 0 Å². The lowest BCUT2D eigenvalue weighted by Gasteiger charge is -2.32. The molecule has 3 heteroatoms. The molecule has 0 bridgehead atoms. The van der Waals surface area contributed by atoms with Gasteiger partial charge < -0.3 is 10.2 Å². The van der Waals surface area contributed by atoms with Crippen molar-refractivity contribution >= 4 is 0 Å². The van der Waals surface area contributed by atoms with E-state index in [-0.39, 0.29) is 30.1 Å². The molecule has 0 spiro atoms. The first-order valence-corrected chi connectivity index (χ1v) is 7.83. The van der Waals surface area contributed by atoms with Crippen molar-refractivity contribution in [1.29, 1.82) is 0 Å². The predicted molar refractivity (Wildman–Crippen MR) is 85.1 cm³/mol. The van der Waals surface area contributed by atoms with Gasteiger partial charge in [0.2, 0.25) is 0 Å². The minimum atomic E-state index is -0.412. The highest BCUT2D eigenvalue weighted by molar-refractivity contribution is 5.44. The fourth-order valence-electron chi connectivity index (χ4n) is 3.09. The summed E-state index contributed by atoms with van der Waals surface area (Å²) in [5.74, 6) is 0.483. The zero-order valence-electron chi connectivity index (χ0n) is 14.0. The molecule has 0 aliphatic rings. The Morgan fingerprint density at radius 2 is 1.62 bits per heavy atom. The standard InChI is InChI=1S/C18H29FO2/c1-10(2)12(5)16(9-20)13(6)18-15(11(3)4)7-14(19)8-17(18)21/h7-8,10-13,16,20-21H,9H2,1-6H3. The van der Waals surface area contributed by atoms with E-state index in [1.54, 1.807) is 0 Å². The van der Waals surface area contributed by atoms with Gasteiger partial charge in [0.05, 0.1) is 0 Å². The highest BCUT2D eigenvalue weighted by atomic mass is 19.1. The Balaban J connectivity index is 3.30. The van der Waals surface area contributed by atoms with Crippen molar-refractivity contribution in [1.82, 2.24) is 0 Å². The molecule has 0 aromatic heterocycles. The maximum Gasteiger partial charge on any atom is 0.127 e. The van der Waals surface area contributed by atoms with E-state index in [0.717, 1.165) is 11.1 Å². The molecule has 1 rings (SSSR count). The highest BCUT2D eigenvalue weighted by Gasteiger charge is 2.30. The maximum atomic E-state index is 13.6. The molecule has 120 valence electrons. The Morgan fingerprint density at radius 1 is 1.05 bits per heavy atom. The molecule has 3 atom stereocenters. The number of aromatic hydroxyl groups is 1. The van der Waals surface area contributed by atoms with E-state index < -0.39 is 5.82 Å². The zero-order valence-corrected chi connectivity index (χ0v) is 14.0. The van der Waals surface area contributed by atoms with Gasteiger partial charge in [-0.25, -0.2) is 4.39 Å². The molecule has 2 N–H and O–H groups in total. The second kappa shape index (κ2) is 7.26. The molecule has 1 aromatic rings. The van der Waals surface area contributed by atoms with Gasteiger partial charge >= 0.3 is 0 Å². The van der Waals surface area contributed by atoms with E-state index in [4.69, 9.17) is 0 Å². The molecule has 2 nitrogen and oxygen atoms in total. The lowest BCUT2D eigenvalue weighted by molar-refractivity contribution is 0.136. The molecule has 0 heterocycles. The third kappa shape index (κ3) is 3.97. The normalized spacial score (nSPS) is 16.3. The molecule has 0 aliphatic heterocycles. The van der Waals surface area contributed by atoms with Crippen molar-refractivity contribution in [2.24, 2.45) is 17.8 Å². The summed E-state index contributed by atoms with van der Waals surface area (Å²) in [5.41, 5.74) is 1.60. The summed E-state index contributed by atoms with van der Waals surface area (Å²) in [6, 6.07) is 2.68. The van der Waals surface area contributed by atoms with E-state index in [1.165, 1.54) is 12.1 Å². The van der Waals surface area contributed by atoms with Crippen LogP contribution in [0.15, 0.2) is 12.1 Å². The van der Waals surface area contributed by atoms with Gasteiger partial charge in [0.25, 0.3) is 0 Å². The Labute approximate surface area is 128 Å². The average molecular weight is 296 g/mol. The monoisotopic (exact) mass is 296 g/mol.